The van der Waals surface area contributed by atoms with E-state index in [2.05, 4.69) is 26.1 Å². The monoisotopic (exact) mass is 209 g/mol. The second kappa shape index (κ2) is 4.86. The van der Waals surface area contributed by atoms with Gasteiger partial charge in [0, 0.05) is 6.04 Å². The first-order chi connectivity index (χ1) is 7.20. The third-order valence-electron chi connectivity index (χ3n) is 4.98. The van der Waals surface area contributed by atoms with E-state index in [-0.39, 0.29) is 0 Å². The first-order valence-electron chi connectivity index (χ1n) is 6.93. The van der Waals surface area contributed by atoms with Crippen molar-refractivity contribution in [2.75, 3.05) is 6.54 Å². The largest absolute Gasteiger partial charge is 0.314 e. The Balaban J connectivity index is 2.03. The molecule has 1 saturated carbocycles. The maximum atomic E-state index is 3.74. The Morgan fingerprint density at radius 1 is 1.00 bits per heavy atom. The molecule has 0 aromatic carbocycles. The molecule has 2 aliphatic rings. The molecule has 0 aromatic heterocycles. The van der Waals surface area contributed by atoms with E-state index in [0.29, 0.717) is 0 Å². The third-order valence-corrected chi connectivity index (χ3v) is 4.98. The highest BCUT2D eigenvalue weighted by Crippen LogP contribution is 2.40. The number of hydrogen-bond acceptors (Lipinski definition) is 1. The van der Waals surface area contributed by atoms with Gasteiger partial charge in [0.15, 0.2) is 0 Å². The highest BCUT2D eigenvalue weighted by Gasteiger charge is 2.37. The molecule has 0 bridgehead atoms. The van der Waals surface area contributed by atoms with Gasteiger partial charge in [0.25, 0.3) is 0 Å². The zero-order valence-corrected chi connectivity index (χ0v) is 10.6. The molecule has 0 aromatic rings. The molecule has 1 nitrogen and oxygen atoms in total. The van der Waals surface area contributed by atoms with Gasteiger partial charge in [0.2, 0.25) is 0 Å². The predicted octanol–water partition coefficient (Wildman–Crippen LogP) is 3.45. The van der Waals surface area contributed by atoms with Gasteiger partial charge in [-0.15, -0.1) is 0 Å². The highest BCUT2D eigenvalue weighted by atomic mass is 14.9. The van der Waals surface area contributed by atoms with Gasteiger partial charge in [0.1, 0.15) is 0 Å². The highest BCUT2D eigenvalue weighted by molar-refractivity contribution is 4.91. The standard InChI is InChI=1S/C14H27N/c1-10(2)11(3)12-8-9-15-14-7-5-4-6-13(12)14/h10-15H,4-9H2,1-3H3. The molecule has 1 saturated heterocycles. The molecule has 1 N–H and O–H groups in total. The molecule has 0 amide bonds. The molecule has 0 spiro atoms. The van der Waals surface area contributed by atoms with Gasteiger partial charge in [-0.25, -0.2) is 0 Å². The second-order valence-electron chi connectivity index (χ2n) is 6.06. The van der Waals surface area contributed by atoms with Crippen molar-refractivity contribution in [2.45, 2.75) is 58.9 Å². The predicted molar refractivity (Wildman–Crippen MR) is 65.9 cm³/mol. The summed E-state index contributed by atoms with van der Waals surface area (Å²) in [5.41, 5.74) is 0. The van der Waals surface area contributed by atoms with Gasteiger partial charge in [-0.1, -0.05) is 33.6 Å². The van der Waals surface area contributed by atoms with Crippen LogP contribution in [-0.4, -0.2) is 12.6 Å². The van der Waals surface area contributed by atoms with Crippen molar-refractivity contribution >= 4 is 0 Å². The zero-order valence-electron chi connectivity index (χ0n) is 10.6. The summed E-state index contributed by atoms with van der Waals surface area (Å²) in [5, 5.41) is 3.74. The van der Waals surface area contributed by atoms with Crippen LogP contribution in [0.4, 0.5) is 0 Å². The van der Waals surface area contributed by atoms with E-state index in [1.54, 1.807) is 0 Å². The fourth-order valence-corrected chi connectivity index (χ4v) is 3.72. The Morgan fingerprint density at radius 2 is 1.73 bits per heavy atom. The van der Waals surface area contributed by atoms with Crippen LogP contribution in [-0.2, 0) is 0 Å². The van der Waals surface area contributed by atoms with Crippen molar-refractivity contribution in [1.82, 2.24) is 5.32 Å². The maximum Gasteiger partial charge on any atom is 0.00980 e. The molecule has 1 heterocycles. The maximum absolute atomic E-state index is 3.74. The molecule has 4 unspecified atom stereocenters. The normalized spacial score (nSPS) is 38.8. The van der Waals surface area contributed by atoms with E-state index >= 15 is 0 Å². The van der Waals surface area contributed by atoms with Crippen molar-refractivity contribution in [3.8, 4) is 0 Å². The number of fused-ring (bicyclic) bond motifs is 1. The number of rotatable bonds is 2. The zero-order chi connectivity index (χ0) is 10.8. The van der Waals surface area contributed by atoms with Crippen molar-refractivity contribution < 1.29 is 0 Å². The first kappa shape index (κ1) is 11.4. The minimum absolute atomic E-state index is 0.857. The Bertz CT molecular complexity index is 198. The quantitative estimate of drug-likeness (QED) is 0.734. The summed E-state index contributed by atoms with van der Waals surface area (Å²) in [6.07, 6.45) is 7.27. The van der Waals surface area contributed by atoms with Crippen LogP contribution in [0.2, 0.25) is 0 Å². The van der Waals surface area contributed by atoms with Crippen LogP contribution in [0.3, 0.4) is 0 Å². The first-order valence-corrected chi connectivity index (χ1v) is 6.93. The van der Waals surface area contributed by atoms with Crippen LogP contribution in [0.1, 0.15) is 52.9 Å². The summed E-state index contributed by atoms with van der Waals surface area (Å²) in [7, 11) is 0. The summed E-state index contributed by atoms with van der Waals surface area (Å²) in [6.45, 7) is 8.53. The Kier molecular flexibility index (Phi) is 3.71. The van der Waals surface area contributed by atoms with Gasteiger partial charge >= 0.3 is 0 Å². The van der Waals surface area contributed by atoms with Gasteiger partial charge in [-0.3, -0.25) is 0 Å². The summed E-state index contributed by atoms with van der Waals surface area (Å²) in [5.74, 6) is 3.76. The molecule has 2 fully saturated rings. The fraction of sp³-hybridized carbons (Fsp3) is 1.00. The van der Waals surface area contributed by atoms with Crippen molar-refractivity contribution in [1.29, 1.82) is 0 Å². The van der Waals surface area contributed by atoms with E-state index in [9.17, 15) is 0 Å². The number of hydrogen-bond donors (Lipinski definition) is 1. The van der Waals surface area contributed by atoms with E-state index in [0.717, 1.165) is 29.7 Å². The molecule has 0 radical (unpaired) electrons. The minimum atomic E-state index is 0.857. The minimum Gasteiger partial charge on any atom is -0.314 e. The van der Waals surface area contributed by atoms with Gasteiger partial charge < -0.3 is 5.32 Å². The smallest absolute Gasteiger partial charge is 0.00980 e. The Morgan fingerprint density at radius 3 is 2.47 bits per heavy atom. The molecule has 1 aliphatic heterocycles. The van der Waals surface area contributed by atoms with Crippen LogP contribution in [0, 0.1) is 23.7 Å². The van der Waals surface area contributed by atoms with Crippen LogP contribution in [0.25, 0.3) is 0 Å². The van der Waals surface area contributed by atoms with Gasteiger partial charge in [0.05, 0.1) is 0 Å². The Labute approximate surface area is 95.0 Å². The average Bonchev–Trinajstić information content (AvgIpc) is 2.27. The van der Waals surface area contributed by atoms with E-state index in [1.165, 1.54) is 38.6 Å². The van der Waals surface area contributed by atoms with Crippen LogP contribution < -0.4 is 5.32 Å². The fourth-order valence-electron chi connectivity index (χ4n) is 3.72. The molecule has 1 heteroatoms. The second-order valence-corrected chi connectivity index (χ2v) is 6.06. The lowest BCUT2D eigenvalue weighted by atomic mass is 9.66. The van der Waals surface area contributed by atoms with Crippen molar-refractivity contribution in [3.63, 3.8) is 0 Å². The topological polar surface area (TPSA) is 12.0 Å². The molecule has 2 rings (SSSR count). The van der Waals surface area contributed by atoms with Crippen LogP contribution in [0.15, 0.2) is 0 Å². The third kappa shape index (κ3) is 2.38. The number of piperidine rings is 1. The molecule has 15 heavy (non-hydrogen) atoms. The molecule has 1 aliphatic carbocycles. The SMILES string of the molecule is CC(C)C(C)C1CCNC2CCCCC21. The lowest BCUT2D eigenvalue weighted by Crippen LogP contribution is -2.49. The summed E-state index contributed by atoms with van der Waals surface area (Å²) in [4.78, 5) is 0. The van der Waals surface area contributed by atoms with Gasteiger partial charge in [-0.05, 0) is 49.5 Å². The van der Waals surface area contributed by atoms with Crippen LogP contribution >= 0.6 is 0 Å². The van der Waals surface area contributed by atoms with E-state index < -0.39 is 0 Å². The lowest BCUT2D eigenvalue weighted by Gasteiger charge is -2.45. The van der Waals surface area contributed by atoms with E-state index in [1.807, 2.05) is 0 Å². The summed E-state index contributed by atoms with van der Waals surface area (Å²) in [6, 6.07) is 0.860. The number of nitrogens with one attached hydrogen (secondary N) is 1. The van der Waals surface area contributed by atoms with Crippen molar-refractivity contribution in [3.05, 3.63) is 0 Å². The lowest BCUT2D eigenvalue weighted by molar-refractivity contribution is 0.0812. The molecular formula is C14H27N. The summed E-state index contributed by atoms with van der Waals surface area (Å²) >= 11 is 0. The average molecular weight is 209 g/mol. The molecular weight excluding hydrogens is 182 g/mol. The molecule has 4 atom stereocenters. The van der Waals surface area contributed by atoms with Crippen LogP contribution in [0.5, 0.6) is 0 Å². The summed E-state index contributed by atoms with van der Waals surface area (Å²) < 4.78 is 0. The van der Waals surface area contributed by atoms with Crippen molar-refractivity contribution in [2.24, 2.45) is 23.7 Å². The van der Waals surface area contributed by atoms with E-state index in [4.69, 9.17) is 0 Å². The van der Waals surface area contributed by atoms with Gasteiger partial charge in [-0.2, -0.15) is 0 Å². The Hall–Kier alpha value is -0.0400. The molecule has 88 valence electrons.